The van der Waals surface area contributed by atoms with E-state index in [1.807, 2.05) is 41.9 Å². The molecule has 0 spiro atoms. The first-order valence-electron chi connectivity index (χ1n) is 9.87. The van der Waals surface area contributed by atoms with Gasteiger partial charge in [-0.2, -0.15) is 0 Å². The molecular formula is C23H21N3O3S. The summed E-state index contributed by atoms with van der Waals surface area (Å²) in [7, 11) is 3.60. The number of benzene rings is 2. The van der Waals surface area contributed by atoms with E-state index in [4.69, 9.17) is 9.15 Å². The highest BCUT2D eigenvalue weighted by atomic mass is 32.2. The number of rotatable bonds is 5. The first-order chi connectivity index (χ1) is 14.6. The molecule has 0 N–H and O–H groups in total. The number of aryl methyl sites for hydroxylation is 2. The van der Waals surface area contributed by atoms with Gasteiger partial charge in [-0.25, -0.2) is 4.79 Å². The topological polar surface area (TPSA) is 70.2 Å². The van der Waals surface area contributed by atoms with Gasteiger partial charge in [-0.3, -0.25) is 0 Å². The van der Waals surface area contributed by atoms with E-state index in [9.17, 15) is 4.79 Å². The molecule has 152 valence electrons. The van der Waals surface area contributed by atoms with Gasteiger partial charge in [0.1, 0.15) is 11.3 Å². The number of hydrogen-bond acceptors (Lipinski definition) is 6. The van der Waals surface area contributed by atoms with Crippen molar-refractivity contribution in [3.05, 3.63) is 69.6 Å². The van der Waals surface area contributed by atoms with Crippen LogP contribution in [-0.2, 0) is 25.6 Å². The summed E-state index contributed by atoms with van der Waals surface area (Å²) < 4.78 is 12.7. The Kier molecular flexibility index (Phi) is 4.83. The number of thioether (sulfide) groups is 1. The third-order valence-electron chi connectivity index (χ3n) is 5.58. The summed E-state index contributed by atoms with van der Waals surface area (Å²) in [5, 5.41) is 10.5. The molecule has 2 heterocycles. The number of hydrogen-bond donors (Lipinski definition) is 0. The van der Waals surface area contributed by atoms with Gasteiger partial charge in [-0.05, 0) is 72.4 Å². The van der Waals surface area contributed by atoms with Gasteiger partial charge in [-0.15, -0.1) is 10.2 Å². The smallest absolute Gasteiger partial charge is 0.336 e. The van der Waals surface area contributed by atoms with Crippen molar-refractivity contribution in [1.82, 2.24) is 14.8 Å². The van der Waals surface area contributed by atoms with Crippen molar-refractivity contribution < 1.29 is 9.15 Å². The largest absolute Gasteiger partial charge is 0.497 e. The van der Waals surface area contributed by atoms with Crippen molar-refractivity contribution in [2.45, 2.75) is 30.2 Å². The third kappa shape index (κ3) is 3.39. The fraction of sp³-hybridized carbons (Fsp3) is 0.261. The van der Waals surface area contributed by atoms with Crippen molar-refractivity contribution in [2.75, 3.05) is 7.11 Å². The second-order valence-electron chi connectivity index (χ2n) is 7.44. The Hall–Kier alpha value is -3.06. The monoisotopic (exact) mass is 419 g/mol. The lowest BCUT2D eigenvalue weighted by molar-refractivity contribution is 0.415. The van der Waals surface area contributed by atoms with Crippen LogP contribution < -0.4 is 10.4 Å². The Bertz CT molecular complexity index is 1290. The Balaban J connectivity index is 1.43. The molecule has 0 amide bonds. The van der Waals surface area contributed by atoms with E-state index >= 15 is 0 Å². The van der Waals surface area contributed by atoms with E-state index < -0.39 is 0 Å². The molecule has 0 radical (unpaired) electrons. The number of fused-ring (bicyclic) bond motifs is 2. The molecule has 1 aliphatic carbocycles. The molecule has 0 saturated heterocycles. The van der Waals surface area contributed by atoms with Gasteiger partial charge in [0, 0.05) is 29.8 Å². The molecular weight excluding hydrogens is 398 g/mol. The van der Waals surface area contributed by atoms with E-state index in [0.717, 1.165) is 52.5 Å². The molecule has 0 atom stereocenters. The number of ether oxygens (including phenoxy) is 1. The lowest BCUT2D eigenvalue weighted by atomic mass is 10.0. The molecule has 2 aromatic carbocycles. The molecule has 6 nitrogen and oxygen atoms in total. The Morgan fingerprint density at radius 3 is 2.63 bits per heavy atom. The molecule has 7 heteroatoms. The SMILES string of the molecule is COc1ccc(-c2nnc(SCc3cc(=O)oc4cc5c(cc34)CCC5)n2C)cc1. The summed E-state index contributed by atoms with van der Waals surface area (Å²) in [4.78, 5) is 12.1. The molecule has 0 saturated carbocycles. The van der Waals surface area contributed by atoms with Crippen LogP contribution in [0.2, 0.25) is 0 Å². The maximum absolute atomic E-state index is 12.1. The van der Waals surface area contributed by atoms with E-state index in [0.29, 0.717) is 11.3 Å². The van der Waals surface area contributed by atoms with Gasteiger partial charge < -0.3 is 13.7 Å². The molecule has 30 heavy (non-hydrogen) atoms. The predicted molar refractivity (Wildman–Crippen MR) is 117 cm³/mol. The molecule has 0 fully saturated rings. The minimum atomic E-state index is -0.312. The minimum Gasteiger partial charge on any atom is -0.497 e. The highest BCUT2D eigenvalue weighted by molar-refractivity contribution is 7.98. The van der Waals surface area contributed by atoms with Crippen molar-refractivity contribution in [2.24, 2.45) is 7.05 Å². The highest BCUT2D eigenvalue weighted by Crippen LogP contribution is 2.32. The number of methoxy groups -OCH3 is 1. The standard InChI is InChI=1S/C23H21N3O3S/c1-26-22(14-6-8-18(28-2)9-7-14)24-25-23(26)30-13-17-12-21(27)29-20-11-16-5-3-4-15(16)10-19(17)20/h6-12H,3-5,13H2,1-2H3. The summed E-state index contributed by atoms with van der Waals surface area (Å²) in [6.07, 6.45) is 3.31. The van der Waals surface area contributed by atoms with Gasteiger partial charge in [0.2, 0.25) is 0 Å². The van der Waals surface area contributed by atoms with Crippen molar-refractivity contribution in [3.63, 3.8) is 0 Å². The molecule has 4 aromatic rings. The Morgan fingerprint density at radius 2 is 1.87 bits per heavy atom. The third-order valence-corrected chi connectivity index (χ3v) is 6.65. The summed E-state index contributed by atoms with van der Waals surface area (Å²) in [5.41, 5.74) is 4.97. The van der Waals surface area contributed by atoms with Gasteiger partial charge in [0.25, 0.3) is 0 Å². The molecule has 0 bridgehead atoms. The van der Waals surface area contributed by atoms with Crippen LogP contribution in [-0.4, -0.2) is 21.9 Å². The van der Waals surface area contributed by atoms with Gasteiger partial charge in [-0.1, -0.05) is 11.8 Å². The van der Waals surface area contributed by atoms with Gasteiger partial charge in [0.15, 0.2) is 11.0 Å². The summed E-state index contributed by atoms with van der Waals surface area (Å²) in [6, 6.07) is 13.6. The summed E-state index contributed by atoms with van der Waals surface area (Å²) in [5.74, 6) is 2.21. The minimum absolute atomic E-state index is 0.312. The molecule has 5 rings (SSSR count). The summed E-state index contributed by atoms with van der Waals surface area (Å²) >= 11 is 1.56. The van der Waals surface area contributed by atoms with E-state index in [1.54, 1.807) is 24.9 Å². The molecule has 1 aliphatic rings. The number of aromatic nitrogens is 3. The lowest BCUT2D eigenvalue weighted by Crippen LogP contribution is -2.01. The second-order valence-corrected chi connectivity index (χ2v) is 8.39. The Morgan fingerprint density at radius 1 is 1.10 bits per heavy atom. The Labute approximate surface area is 177 Å². The first-order valence-corrected chi connectivity index (χ1v) is 10.9. The average molecular weight is 420 g/mol. The van der Waals surface area contributed by atoms with Gasteiger partial charge >= 0.3 is 5.63 Å². The highest BCUT2D eigenvalue weighted by Gasteiger charge is 2.17. The quantitative estimate of drug-likeness (QED) is 0.353. The zero-order chi connectivity index (χ0) is 20.7. The van der Waals surface area contributed by atoms with Crippen LogP contribution >= 0.6 is 11.8 Å². The maximum atomic E-state index is 12.1. The van der Waals surface area contributed by atoms with Crippen LogP contribution in [0.3, 0.4) is 0 Å². The van der Waals surface area contributed by atoms with Crippen LogP contribution in [0.5, 0.6) is 5.75 Å². The van der Waals surface area contributed by atoms with Crippen molar-refractivity contribution in [3.8, 4) is 17.1 Å². The van der Waals surface area contributed by atoms with Gasteiger partial charge in [0.05, 0.1) is 7.11 Å². The van der Waals surface area contributed by atoms with Crippen LogP contribution in [0.25, 0.3) is 22.4 Å². The second kappa shape index (κ2) is 7.65. The van der Waals surface area contributed by atoms with E-state index in [2.05, 4.69) is 16.3 Å². The zero-order valence-electron chi connectivity index (χ0n) is 16.8. The lowest BCUT2D eigenvalue weighted by Gasteiger charge is -2.08. The molecule has 0 unspecified atom stereocenters. The maximum Gasteiger partial charge on any atom is 0.336 e. The van der Waals surface area contributed by atoms with E-state index in [1.165, 1.54) is 11.1 Å². The average Bonchev–Trinajstić information content (AvgIpc) is 3.36. The summed E-state index contributed by atoms with van der Waals surface area (Å²) in [6.45, 7) is 0. The van der Waals surface area contributed by atoms with Crippen LogP contribution in [0.15, 0.2) is 56.8 Å². The van der Waals surface area contributed by atoms with Crippen molar-refractivity contribution >= 4 is 22.7 Å². The number of nitrogens with zero attached hydrogens (tertiary/aromatic N) is 3. The molecule has 2 aromatic heterocycles. The zero-order valence-corrected chi connectivity index (χ0v) is 17.7. The van der Waals surface area contributed by atoms with Crippen molar-refractivity contribution in [1.29, 1.82) is 0 Å². The predicted octanol–water partition coefficient (Wildman–Crippen LogP) is 4.38. The van der Waals surface area contributed by atoms with E-state index in [-0.39, 0.29) is 5.63 Å². The van der Waals surface area contributed by atoms with Crippen LogP contribution in [0, 0.1) is 0 Å². The fourth-order valence-corrected chi connectivity index (χ4v) is 4.89. The fourth-order valence-electron chi connectivity index (χ4n) is 3.99. The molecule has 0 aliphatic heterocycles. The van der Waals surface area contributed by atoms with Crippen LogP contribution in [0.1, 0.15) is 23.1 Å². The normalized spacial score (nSPS) is 13.0. The first kappa shape index (κ1) is 18.9. The van der Waals surface area contributed by atoms with Crippen LogP contribution in [0.4, 0.5) is 0 Å².